The standard InChI is InChI=1S/C23H24N4O3/c1-14-18-6-4-5-7-19(18)30-20(14)13-27(3)21(28)9-8-16-10-17-12-25-23(29)15(2)26-22(17)24-11-16/h4-11,15H,12-13H2,1-3H3,(H,24,26)(H,25,29)/t15-/m0/s1. The molecular weight excluding hydrogens is 380 g/mol. The highest BCUT2D eigenvalue weighted by Crippen LogP contribution is 2.25. The molecule has 0 fully saturated rings. The number of furan rings is 1. The van der Waals surface area contributed by atoms with Crippen LogP contribution in [0.5, 0.6) is 0 Å². The van der Waals surface area contributed by atoms with Crippen molar-refractivity contribution in [2.75, 3.05) is 12.4 Å². The van der Waals surface area contributed by atoms with Crippen LogP contribution in [0, 0.1) is 6.92 Å². The molecule has 1 aromatic carbocycles. The second kappa shape index (κ2) is 8.02. The molecule has 0 unspecified atom stereocenters. The minimum atomic E-state index is -0.336. The van der Waals surface area contributed by atoms with Crippen LogP contribution in [0.3, 0.4) is 0 Å². The molecule has 0 saturated carbocycles. The fraction of sp³-hybridized carbons (Fsp3) is 0.261. The molecule has 154 valence electrons. The van der Waals surface area contributed by atoms with Crippen molar-refractivity contribution in [3.63, 3.8) is 0 Å². The number of nitrogens with zero attached hydrogens (tertiary/aromatic N) is 2. The minimum Gasteiger partial charge on any atom is -0.459 e. The van der Waals surface area contributed by atoms with Crippen molar-refractivity contribution in [2.24, 2.45) is 0 Å². The van der Waals surface area contributed by atoms with Crippen molar-refractivity contribution in [3.8, 4) is 0 Å². The van der Waals surface area contributed by atoms with Gasteiger partial charge in [-0.3, -0.25) is 9.59 Å². The van der Waals surface area contributed by atoms with Crippen molar-refractivity contribution in [2.45, 2.75) is 33.0 Å². The average molecular weight is 404 g/mol. The molecule has 2 aromatic heterocycles. The van der Waals surface area contributed by atoms with Gasteiger partial charge >= 0.3 is 0 Å². The number of fused-ring (bicyclic) bond motifs is 2. The van der Waals surface area contributed by atoms with Crippen LogP contribution >= 0.6 is 0 Å². The van der Waals surface area contributed by atoms with E-state index in [1.807, 2.05) is 37.3 Å². The number of likely N-dealkylation sites (N-methyl/N-ethyl adjacent to an activating group) is 1. The first-order valence-corrected chi connectivity index (χ1v) is 9.85. The Labute approximate surface area is 174 Å². The zero-order valence-corrected chi connectivity index (χ0v) is 17.2. The van der Waals surface area contributed by atoms with Crippen LogP contribution in [0.25, 0.3) is 17.0 Å². The molecule has 0 bridgehead atoms. The van der Waals surface area contributed by atoms with E-state index in [0.29, 0.717) is 18.9 Å². The van der Waals surface area contributed by atoms with Gasteiger partial charge in [-0.25, -0.2) is 4.98 Å². The summed E-state index contributed by atoms with van der Waals surface area (Å²) in [5.41, 5.74) is 3.55. The maximum atomic E-state index is 12.6. The Morgan fingerprint density at radius 1 is 1.37 bits per heavy atom. The van der Waals surface area contributed by atoms with E-state index in [2.05, 4.69) is 15.6 Å². The maximum Gasteiger partial charge on any atom is 0.246 e. The molecule has 1 atom stereocenters. The lowest BCUT2D eigenvalue weighted by atomic mass is 10.1. The molecule has 1 aliphatic heterocycles. The van der Waals surface area contributed by atoms with Crippen LogP contribution in [0.4, 0.5) is 5.82 Å². The summed E-state index contributed by atoms with van der Waals surface area (Å²) >= 11 is 0. The number of hydrogen-bond donors (Lipinski definition) is 2. The van der Waals surface area contributed by atoms with E-state index < -0.39 is 0 Å². The Bertz CT molecular complexity index is 1150. The molecule has 2 N–H and O–H groups in total. The molecule has 0 aliphatic carbocycles. The van der Waals surface area contributed by atoms with Gasteiger partial charge in [-0.2, -0.15) is 0 Å². The first kappa shape index (κ1) is 19.7. The average Bonchev–Trinajstić information content (AvgIpc) is 2.98. The smallest absolute Gasteiger partial charge is 0.246 e. The third kappa shape index (κ3) is 3.91. The fourth-order valence-corrected chi connectivity index (χ4v) is 3.45. The van der Waals surface area contributed by atoms with Gasteiger partial charge < -0.3 is 20.0 Å². The number of carbonyl (C=O) groups is 2. The van der Waals surface area contributed by atoms with Crippen LogP contribution in [0.1, 0.15) is 29.4 Å². The van der Waals surface area contributed by atoms with E-state index in [9.17, 15) is 9.59 Å². The van der Waals surface area contributed by atoms with Gasteiger partial charge in [0, 0.05) is 42.4 Å². The Hall–Kier alpha value is -3.61. The van der Waals surface area contributed by atoms with Gasteiger partial charge in [-0.1, -0.05) is 18.2 Å². The number of nitrogens with one attached hydrogen (secondary N) is 2. The van der Waals surface area contributed by atoms with Gasteiger partial charge in [0.25, 0.3) is 0 Å². The largest absolute Gasteiger partial charge is 0.459 e. The number of benzene rings is 1. The SMILES string of the molecule is Cc1c(CN(C)C(=O)C=Cc2cnc3c(c2)CNC(=O)[C@H](C)N3)oc2ccccc12. The van der Waals surface area contributed by atoms with Crippen molar-refractivity contribution >= 4 is 34.7 Å². The third-order valence-electron chi connectivity index (χ3n) is 5.31. The zero-order chi connectivity index (χ0) is 21.3. The molecule has 7 heteroatoms. The Morgan fingerprint density at radius 3 is 2.97 bits per heavy atom. The maximum absolute atomic E-state index is 12.6. The van der Waals surface area contributed by atoms with Gasteiger partial charge in [0.2, 0.25) is 11.8 Å². The zero-order valence-electron chi connectivity index (χ0n) is 17.2. The fourth-order valence-electron chi connectivity index (χ4n) is 3.45. The molecule has 1 aliphatic rings. The summed E-state index contributed by atoms with van der Waals surface area (Å²) in [4.78, 5) is 30.4. The van der Waals surface area contributed by atoms with E-state index in [4.69, 9.17) is 4.42 Å². The predicted molar refractivity (Wildman–Crippen MR) is 116 cm³/mol. The molecular formula is C23H24N4O3. The summed E-state index contributed by atoms with van der Waals surface area (Å²) in [6.45, 7) is 4.59. The monoisotopic (exact) mass is 404 g/mol. The van der Waals surface area contributed by atoms with Crippen molar-refractivity contribution in [3.05, 3.63) is 65.1 Å². The van der Waals surface area contributed by atoms with Crippen LogP contribution in [-0.2, 0) is 22.7 Å². The molecule has 7 nitrogen and oxygen atoms in total. The van der Waals surface area contributed by atoms with Crippen molar-refractivity contribution in [1.82, 2.24) is 15.2 Å². The molecule has 4 rings (SSSR count). The van der Waals surface area contributed by atoms with E-state index in [1.54, 1.807) is 31.1 Å². The number of amides is 2. The first-order valence-electron chi connectivity index (χ1n) is 9.85. The first-order chi connectivity index (χ1) is 14.4. The number of hydrogen-bond acceptors (Lipinski definition) is 5. The van der Waals surface area contributed by atoms with Crippen molar-refractivity contribution in [1.29, 1.82) is 0 Å². The number of rotatable bonds is 4. The number of carbonyl (C=O) groups excluding carboxylic acids is 2. The van der Waals surface area contributed by atoms with Gasteiger partial charge in [0.15, 0.2) is 0 Å². The van der Waals surface area contributed by atoms with Gasteiger partial charge in [-0.15, -0.1) is 0 Å². The third-order valence-corrected chi connectivity index (χ3v) is 5.31. The number of aromatic nitrogens is 1. The normalized spacial score (nSPS) is 16.1. The predicted octanol–water partition coefficient (Wildman–Crippen LogP) is 3.24. The number of para-hydroxylation sites is 1. The summed E-state index contributed by atoms with van der Waals surface area (Å²) in [6, 6.07) is 9.43. The highest BCUT2D eigenvalue weighted by atomic mass is 16.3. The highest BCUT2D eigenvalue weighted by Gasteiger charge is 2.19. The number of pyridine rings is 1. The molecule has 2 amide bonds. The molecule has 0 saturated heterocycles. The van der Waals surface area contributed by atoms with E-state index in [0.717, 1.165) is 33.4 Å². The van der Waals surface area contributed by atoms with Crippen LogP contribution in [0.2, 0.25) is 0 Å². The van der Waals surface area contributed by atoms with Crippen LogP contribution in [-0.4, -0.2) is 34.8 Å². The van der Waals surface area contributed by atoms with E-state index in [-0.39, 0.29) is 17.9 Å². The van der Waals surface area contributed by atoms with E-state index in [1.165, 1.54) is 6.08 Å². The second-order valence-electron chi connectivity index (χ2n) is 7.53. The quantitative estimate of drug-likeness (QED) is 0.652. The molecule has 30 heavy (non-hydrogen) atoms. The molecule has 3 heterocycles. The Balaban J connectivity index is 1.45. The Morgan fingerprint density at radius 2 is 2.17 bits per heavy atom. The number of anilines is 1. The van der Waals surface area contributed by atoms with Gasteiger partial charge in [-0.05, 0) is 37.6 Å². The number of aryl methyl sites for hydroxylation is 1. The summed E-state index contributed by atoms with van der Waals surface area (Å²) < 4.78 is 5.90. The highest BCUT2D eigenvalue weighted by molar-refractivity contribution is 5.92. The summed E-state index contributed by atoms with van der Waals surface area (Å²) in [5.74, 6) is 1.26. The molecule has 0 radical (unpaired) electrons. The Kier molecular flexibility index (Phi) is 5.27. The lowest BCUT2D eigenvalue weighted by Gasteiger charge is -2.14. The lowest BCUT2D eigenvalue weighted by Crippen LogP contribution is -2.34. The van der Waals surface area contributed by atoms with Crippen LogP contribution < -0.4 is 10.6 Å². The summed E-state index contributed by atoms with van der Waals surface area (Å²) in [5, 5.41) is 7.01. The van der Waals surface area contributed by atoms with E-state index >= 15 is 0 Å². The van der Waals surface area contributed by atoms with Gasteiger partial charge in [0.05, 0.1) is 6.54 Å². The molecule has 0 spiro atoms. The second-order valence-corrected chi connectivity index (χ2v) is 7.53. The minimum absolute atomic E-state index is 0.0669. The molecule has 3 aromatic rings. The van der Waals surface area contributed by atoms with Crippen LogP contribution in [0.15, 0.2) is 47.0 Å². The van der Waals surface area contributed by atoms with Crippen molar-refractivity contribution < 1.29 is 14.0 Å². The topological polar surface area (TPSA) is 87.5 Å². The summed E-state index contributed by atoms with van der Waals surface area (Å²) in [6.07, 6.45) is 4.93. The van der Waals surface area contributed by atoms with Gasteiger partial charge in [0.1, 0.15) is 23.2 Å². The summed E-state index contributed by atoms with van der Waals surface area (Å²) in [7, 11) is 1.75. The lowest BCUT2D eigenvalue weighted by molar-refractivity contribution is -0.125.